The molecule has 0 aromatic carbocycles. The number of rotatable bonds is 27. The smallest absolute Gasteiger partial charge is 0.126 e. The molecule has 194 valence electrons. The number of unbranched alkanes of at least 4 members (excludes halogenated alkanes) is 20. The summed E-state index contributed by atoms with van der Waals surface area (Å²) in [6.07, 6.45) is 42.3. The van der Waals surface area contributed by atoms with E-state index in [1.54, 1.807) is 0 Å². The number of allylic oxidation sites excluding steroid dienone is 4. The number of carbonyl (C=O) groups excluding carboxylic acids is 1. The highest BCUT2D eigenvalue weighted by atomic mass is 16.1. The van der Waals surface area contributed by atoms with Crippen molar-refractivity contribution in [2.24, 2.45) is 5.92 Å². The predicted octanol–water partition coefficient (Wildman–Crippen LogP) is 11.3. The molecule has 0 saturated carbocycles. The summed E-state index contributed by atoms with van der Waals surface area (Å²) < 4.78 is 0. The summed E-state index contributed by atoms with van der Waals surface area (Å²) in [4.78, 5) is 11.3. The van der Waals surface area contributed by atoms with Crippen LogP contribution in [0.15, 0.2) is 24.3 Å². The van der Waals surface area contributed by atoms with Gasteiger partial charge in [-0.25, -0.2) is 0 Å². The van der Waals surface area contributed by atoms with Crippen LogP contribution in [0.2, 0.25) is 0 Å². The fourth-order valence-electron chi connectivity index (χ4n) is 4.50. The first-order chi connectivity index (χ1) is 16.3. The van der Waals surface area contributed by atoms with Crippen LogP contribution >= 0.6 is 0 Å². The molecule has 0 aliphatic carbocycles. The van der Waals surface area contributed by atoms with Crippen molar-refractivity contribution in [3.8, 4) is 0 Å². The van der Waals surface area contributed by atoms with Crippen LogP contribution in [0.5, 0.6) is 0 Å². The second-order valence-electron chi connectivity index (χ2n) is 10.2. The molecule has 0 N–H and O–H groups in total. The minimum absolute atomic E-state index is 0.144. The van der Waals surface area contributed by atoms with E-state index in [9.17, 15) is 4.79 Å². The highest BCUT2D eigenvalue weighted by molar-refractivity contribution is 5.56. The van der Waals surface area contributed by atoms with Crippen molar-refractivity contribution in [1.29, 1.82) is 0 Å². The van der Waals surface area contributed by atoms with Crippen LogP contribution in [-0.4, -0.2) is 6.29 Å². The highest BCUT2D eigenvalue weighted by Gasteiger charge is 2.02. The lowest BCUT2D eigenvalue weighted by atomic mass is 10.00. The van der Waals surface area contributed by atoms with Gasteiger partial charge < -0.3 is 4.79 Å². The summed E-state index contributed by atoms with van der Waals surface area (Å²) in [7, 11) is 0. The molecule has 0 heterocycles. The molecule has 0 aromatic rings. The molecule has 0 rings (SSSR count). The molecule has 0 spiro atoms. The molecule has 33 heavy (non-hydrogen) atoms. The van der Waals surface area contributed by atoms with Gasteiger partial charge in [-0.3, -0.25) is 0 Å². The summed E-state index contributed by atoms with van der Waals surface area (Å²) in [6.45, 7) is 4.55. The monoisotopic (exact) mass is 460 g/mol. The predicted molar refractivity (Wildman–Crippen MR) is 150 cm³/mol. The van der Waals surface area contributed by atoms with E-state index in [4.69, 9.17) is 0 Å². The normalized spacial score (nSPS) is 12.8. The summed E-state index contributed by atoms with van der Waals surface area (Å²) in [5, 5.41) is 0. The lowest BCUT2D eigenvalue weighted by molar-refractivity contribution is -0.110. The Morgan fingerprint density at radius 3 is 1.27 bits per heavy atom. The average molecular weight is 461 g/mol. The molecule has 1 atom stereocenters. The lowest BCUT2D eigenvalue weighted by Crippen LogP contribution is -1.97. The Bertz CT molecular complexity index is 422. The van der Waals surface area contributed by atoms with Crippen molar-refractivity contribution >= 4 is 6.29 Å². The first-order valence-electron chi connectivity index (χ1n) is 15.1. The van der Waals surface area contributed by atoms with E-state index in [0.717, 1.165) is 19.1 Å². The fourth-order valence-corrected chi connectivity index (χ4v) is 4.50. The molecule has 1 heteroatoms. The van der Waals surface area contributed by atoms with Gasteiger partial charge in [0, 0.05) is 5.92 Å². The Balaban J connectivity index is 3.41. The quantitative estimate of drug-likeness (QED) is 0.0676. The Hall–Kier alpha value is -0.850. The maximum atomic E-state index is 11.3. The number of hydrogen-bond donors (Lipinski definition) is 0. The molecule has 0 aliphatic heterocycles. The minimum atomic E-state index is 0.144. The first-order valence-corrected chi connectivity index (χ1v) is 15.1. The van der Waals surface area contributed by atoms with Crippen LogP contribution in [0, 0.1) is 5.92 Å². The molecule has 0 aliphatic rings. The van der Waals surface area contributed by atoms with Crippen LogP contribution in [0.25, 0.3) is 0 Å². The van der Waals surface area contributed by atoms with E-state index in [0.29, 0.717) is 0 Å². The molecule has 1 nitrogen and oxygen atoms in total. The van der Waals surface area contributed by atoms with Gasteiger partial charge in [-0.1, -0.05) is 147 Å². The summed E-state index contributed by atoms with van der Waals surface area (Å²) in [5.41, 5.74) is 0. The van der Waals surface area contributed by atoms with E-state index in [-0.39, 0.29) is 5.92 Å². The Morgan fingerprint density at radius 1 is 0.455 bits per heavy atom. The fraction of sp³-hybridized carbons (Fsp3) is 0.844. The van der Waals surface area contributed by atoms with Crippen molar-refractivity contribution in [1.82, 2.24) is 0 Å². The van der Waals surface area contributed by atoms with E-state index >= 15 is 0 Å². The topological polar surface area (TPSA) is 17.1 Å². The second kappa shape index (κ2) is 29.2. The van der Waals surface area contributed by atoms with E-state index in [1.165, 1.54) is 141 Å². The zero-order valence-electron chi connectivity index (χ0n) is 22.8. The van der Waals surface area contributed by atoms with Crippen molar-refractivity contribution in [3.63, 3.8) is 0 Å². The van der Waals surface area contributed by atoms with Crippen molar-refractivity contribution in [3.05, 3.63) is 24.3 Å². The molecule has 0 fully saturated rings. The molecule has 0 aromatic heterocycles. The van der Waals surface area contributed by atoms with Gasteiger partial charge in [-0.05, 0) is 44.9 Å². The zero-order valence-corrected chi connectivity index (χ0v) is 22.8. The Labute approximate surface area is 209 Å². The molecular weight excluding hydrogens is 400 g/mol. The molecule has 0 bridgehead atoms. The van der Waals surface area contributed by atoms with Gasteiger partial charge in [0.15, 0.2) is 0 Å². The van der Waals surface area contributed by atoms with Crippen molar-refractivity contribution in [2.45, 2.75) is 168 Å². The molecule has 1 unspecified atom stereocenters. The van der Waals surface area contributed by atoms with Gasteiger partial charge in [0.2, 0.25) is 0 Å². The van der Waals surface area contributed by atoms with E-state index in [1.807, 2.05) is 0 Å². The van der Waals surface area contributed by atoms with Crippen molar-refractivity contribution in [2.75, 3.05) is 0 Å². The van der Waals surface area contributed by atoms with Crippen molar-refractivity contribution < 1.29 is 4.79 Å². The van der Waals surface area contributed by atoms with E-state index < -0.39 is 0 Å². The van der Waals surface area contributed by atoms with Gasteiger partial charge in [-0.15, -0.1) is 0 Å². The number of carbonyl (C=O) groups is 1. The van der Waals surface area contributed by atoms with Crippen LogP contribution in [-0.2, 0) is 4.79 Å². The standard InChI is InChI=1S/C32H60O/c1-3-5-7-9-11-13-15-17-18-20-22-24-26-28-30-32(31-33)29-27-25-23-21-19-16-14-12-10-8-6-4-2/h14,16,28,30-32H,3-13,15,17-27,29H2,1-2H3/b16-14-,30-28?. The molecule has 0 amide bonds. The largest absolute Gasteiger partial charge is 0.303 e. The first kappa shape index (κ1) is 32.1. The minimum Gasteiger partial charge on any atom is -0.303 e. The summed E-state index contributed by atoms with van der Waals surface area (Å²) in [5.74, 6) is 0.144. The van der Waals surface area contributed by atoms with Gasteiger partial charge in [0.05, 0.1) is 0 Å². The summed E-state index contributed by atoms with van der Waals surface area (Å²) in [6, 6.07) is 0. The van der Waals surface area contributed by atoms with Gasteiger partial charge in [-0.2, -0.15) is 0 Å². The van der Waals surface area contributed by atoms with Gasteiger partial charge in [0.25, 0.3) is 0 Å². The Morgan fingerprint density at radius 2 is 0.818 bits per heavy atom. The number of hydrogen-bond acceptors (Lipinski definition) is 1. The lowest BCUT2D eigenvalue weighted by Gasteiger charge is -2.05. The highest BCUT2D eigenvalue weighted by Crippen LogP contribution is 2.15. The van der Waals surface area contributed by atoms with Gasteiger partial charge >= 0.3 is 0 Å². The molecule has 0 saturated heterocycles. The van der Waals surface area contributed by atoms with Crippen LogP contribution < -0.4 is 0 Å². The van der Waals surface area contributed by atoms with Crippen LogP contribution in [0.3, 0.4) is 0 Å². The maximum absolute atomic E-state index is 11.3. The van der Waals surface area contributed by atoms with Gasteiger partial charge in [0.1, 0.15) is 6.29 Å². The zero-order chi connectivity index (χ0) is 24.1. The SMILES string of the molecule is CCCCCC/C=C\CCCCCCC(C=O)C=CCCCCCCCCCCCCCC. The third kappa shape index (κ3) is 27.3. The maximum Gasteiger partial charge on any atom is 0.126 e. The van der Waals surface area contributed by atoms with E-state index in [2.05, 4.69) is 38.2 Å². The van der Waals surface area contributed by atoms with Crippen LogP contribution in [0.1, 0.15) is 168 Å². The third-order valence-corrected chi connectivity index (χ3v) is 6.83. The third-order valence-electron chi connectivity index (χ3n) is 6.83. The molecular formula is C32H60O. The van der Waals surface area contributed by atoms with Crippen LogP contribution in [0.4, 0.5) is 0 Å². The molecule has 0 radical (unpaired) electrons. The second-order valence-corrected chi connectivity index (χ2v) is 10.2. The average Bonchev–Trinajstić information content (AvgIpc) is 2.83. The number of aldehydes is 1. The Kier molecular flexibility index (Phi) is 28.4. The summed E-state index contributed by atoms with van der Waals surface area (Å²) >= 11 is 0.